The van der Waals surface area contributed by atoms with Crippen molar-refractivity contribution in [1.82, 2.24) is 0 Å². The van der Waals surface area contributed by atoms with Crippen molar-refractivity contribution in [3.8, 4) is 0 Å². The molecule has 0 aliphatic heterocycles. The summed E-state index contributed by atoms with van der Waals surface area (Å²) < 4.78 is 10.6. The lowest BCUT2D eigenvalue weighted by Gasteiger charge is -2.42. The first-order valence-electron chi connectivity index (χ1n) is 7.73. The van der Waals surface area contributed by atoms with E-state index in [1.165, 1.54) is 12.8 Å². The second-order valence-electron chi connectivity index (χ2n) is 7.21. The molecule has 0 bridgehead atoms. The number of hydrogen-bond acceptors (Lipinski definition) is 3. The lowest BCUT2D eigenvalue weighted by atomic mass is 9.67. The summed E-state index contributed by atoms with van der Waals surface area (Å²) in [7, 11) is 1.72. The Hall–Kier alpha value is -0.120. The first-order valence-corrected chi connectivity index (χ1v) is 7.73. The van der Waals surface area contributed by atoms with Crippen LogP contribution in [0.5, 0.6) is 0 Å². The van der Waals surface area contributed by atoms with Gasteiger partial charge in [-0.15, -0.1) is 0 Å². The molecule has 3 nitrogen and oxygen atoms in total. The molecule has 3 heteroatoms. The smallest absolute Gasteiger partial charge is 0.0487 e. The summed E-state index contributed by atoms with van der Waals surface area (Å²) in [5.74, 6) is 0.826. The first kappa shape index (κ1) is 16.9. The van der Waals surface area contributed by atoms with Crippen molar-refractivity contribution < 1.29 is 9.47 Å². The predicted octanol–water partition coefficient (Wildman–Crippen LogP) is 3.36. The minimum atomic E-state index is 0.0169. The Balaban J connectivity index is 2.17. The van der Waals surface area contributed by atoms with E-state index in [4.69, 9.17) is 15.2 Å². The number of nitrogens with two attached hydrogens (primary N) is 1. The summed E-state index contributed by atoms with van der Waals surface area (Å²) in [6, 6.07) is 0. The van der Waals surface area contributed by atoms with Gasteiger partial charge in [0.1, 0.15) is 0 Å². The maximum Gasteiger partial charge on any atom is 0.0487 e. The number of hydrogen-bond donors (Lipinski definition) is 1. The lowest BCUT2D eigenvalue weighted by molar-refractivity contribution is 0.0713. The van der Waals surface area contributed by atoms with Gasteiger partial charge in [0, 0.05) is 32.5 Å². The highest BCUT2D eigenvalue weighted by molar-refractivity contribution is 4.92. The summed E-state index contributed by atoms with van der Waals surface area (Å²) in [4.78, 5) is 0. The maximum atomic E-state index is 6.50. The Kier molecular flexibility index (Phi) is 6.78. The molecule has 0 radical (unpaired) electrons. The highest BCUT2D eigenvalue weighted by Gasteiger charge is 2.35. The molecule has 0 unspecified atom stereocenters. The molecular formula is C16H33NO2. The molecule has 0 aromatic rings. The predicted molar refractivity (Wildman–Crippen MR) is 80.3 cm³/mol. The minimum Gasteiger partial charge on any atom is -0.385 e. The molecule has 19 heavy (non-hydrogen) atoms. The molecule has 2 N–H and O–H groups in total. The van der Waals surface area contributed by atoms with Crippen molar-refractivity contribution in [2.45, 2.75) is 64.8 Å². The van der Waals surface area contributed by atoms with Gasteiger partial charge >= 0.3 is 0 Å². The molecular weight excluding hydrogens is 238 g/mol. The molecule has 0 amide bonds. The topological polar surface area (TPSA) is 44.5 Å². The average Bonchev–Trinajstić information content (AvgIpc) is 2.33. The SMILES string of the molecule is COCCCOCCC1(N)CCC(C(C)(C)C)CC1. The fourth-order valence-electron chi connectivity index (χ4n) is 2.99. The van der Waals surface area contributed by atoms with E-state index >= 15 is 0 Å². The van der Waals surface area contributed by atoms with Crippen LogP contribution in [0.3, 0.4) is 0 Å². The molecule has 0 atom stereocenters. The summed E-state index contributed by atoms with van der Waals surface area (Å²) >= 11 is 0. The molecule has 0 aromatic carbocycles. The van der Waals surface area contributed by atoms with Crippen LogP contribution in [0, 0.1) is 11.3 Å². The highest BCUT2D eigenvalue weighted by Crippen LogP contribution is 2.41. The van der Waals surface area contributed by atoms with E-state index in [9.17, 15) is 0 Å². The van der Waals surface area contributed by atoms with E-state index in [1.807, 2.05) is 0 Å². The molecule has 0 heterocycles. The van der Waals surface area contributed by atoms with Gasteiger partial charge in [-0.1, -0.05) is 20.8 Å². The Bertz CT molecular complexity index is 240. The van der Waals surface area contributed by atoms with Crippen LogP contribution in [0.1, 0.15) is 59.3 Å². The third-order valence-corrected chi connectivity index (χ3v) is 4.59. The zero-order chi connectivity index (χ0) is 14.4. The first-order chi connectivity index (χ1) is 8.87. The van der Waals surface area contributed by atoms with Crippen LogP contribution in [-0.2, 0) is 9.47 Å². The van der Waals surface area contributed by atoms with Gasteiger partial charge in [0.2, 0.25) is 0 Å². The van der Waals surface area contributed by atoms with E-state index < -0.39 is 0 Å². The van der Waals surface area contributed by atoms with Crippen LogP contribution in [0.2, 0.25) is 0 Å². The maximum absolute atomic E-state index is 6.50. The number of ether oxygens (including phenoxy) is 2. The molecule has 1 rings (SSSR count). The lowest BCUT2D eigenvalue weighted by Crippen LogP contribution is -2.45. The Labute approximate surface area is 119 Å². The molecule has 0 spiro atoms. The van der Waals surface area contributed by atoms with Gasteiger partial charge in [0.15, 0.2) is 0 Å². The van der Waals surface area contributed by atoms with Gasteiger partial charge in [0.05, 0.1) is 0 Å². The Morgan fingerprint density at radius 3 is 2.26 bits per heavy atom. The number of rotatable bonds is 7. The van der Waals surface area contributed by atoms with Crippen LogP contribution in [0.25, 0.3) is 0 Å². The van der Waals surface area contributed by atoms with Crippen molar-refractivity contribution in [3.63, 3.8) is 0 Å². The summed E-state index contributed by atoms with van der Waals surface area (Å²) in [5, 5.41) is 0. The fraction of sp³-hybridized carbons (Fsp3) is 1.00. The Morgan fingerprint density at radius 2 is 1.74 bits per heavy atom. The van der Waals surface area contributed by atoms with Crippen molar-refractivity contribution in [2.24, 2.45) is 17.1 Å². The van der Waals surface area contributed by atoms with Crippen molar-refractivity contribution in [2.75, 3.05) is 26.9 Å². The zero-order valence-electron chi connectivity index (χ0n) is 13.3. The van der Waals surface area contributed by atoms with Gasteiger partial charge in [-0.2, -0.15) is 0 Å². The quantitative estimate of drug-likeness (QED) is 0.722. The van der Waals surface area contributed by atoms with E-state index in [0.29, 0.717) is 5.41 Å². The fourth-order valence-corrected chi connectivity index (χ4v) is 2.99. The second kappa shape index (κ2) is 7.61. The summed E-state index contributed by atoms with van der Waals surface area (Å²) in [6.07, 6.45) is 6.80. The van der Waals surface area contributed by atoms with Crippen LogP contribution in [0.4, 0.5) is 0 Å². The van der Waals surface area contributed by atoms with Crippen LogP contribution in [-0.4, -0.2) is 32.5 Å². The van der Waals surface area contributed by atoms with Crippen LogP contribution < -0.4 is 5.73 Å². The third kappa shape index (κ3) is 6.24. The normalized spacial score (nSPS) is 28.6. The van der Waals surface area contributed by atoms with E-state index in [2.05, 4.69) is 20.8 Å². The molecule has 1 saturated carbocycles. The molecule has 0 saturated heterocycles. The largest absolute Gasteiger partial charge is 0.385 e. The van der Waals surface area contributed by atoms with Gasteiger partial charge in [-0.25, -0.2) is 0 Å². The standard InChI is InChI=1S/C16H33NO2/c1-15(2,3)14-6-8-16(17,9-7-14)10-13-19-12-5-11-18-4/h14H,5-13,17H2,1-4H3. The van der Waals surface area contributed by atoms with E-state index in [0.717, 1.165) is 51.4 Å². The van der Waals surface area contributed by atoms with Gasteiger partial charge in [0.25, 0.3) is 0 Å². The van der Waals surface area contributed by atoms with Gasteiger partial charge in [-0.05, 0) is 49.9 Å². The minimum absolute atomic E-state index is 0.0169. The van der Waals surface area contributed by atoms with Crippen molar-refractivity contribution in [1.29, 1.82) is 0 Å². The van der Waals surface area contributed by atoms with E-state index in [1.54, 1.807) is 7.11 Å². The summed E-state index contributed by atoms with van der Waals surface area (Å²) in [5.41, 5.74) is 6.95. The second-order valence-corrected chi connectivity index (χ2v) is 7.21. The number of methoxy groups -OCH3 is 1. The van der Waals surface area contributed by atoms with E-state index in [-0.39, 0.29) is 5.54 Å². The van der Waals surface area contributed by atoms with Gasteiger partial charge < -0.3 is 15.2 Å². The van der Waals surface area contributed by atoms with Crippen molar-refractivity contribution >= 4 is 0 Å². The highest BCUT2D eigenvalue weighted by atomic mass is 16.5. The zero-order valence-corrected chi connectivity index (χ0v) is 13.3. The molecule has 1 fully saturated rings. The average molecular weight is 271 g/mol. The monoisotopic (exact) mass is 271 g/mol. The summed E-state index contributed by atoms with van der Waals surface area (Å²) in [6.45, 7) is 9.40. The third-order valence-electron chi connectivity index (χ3n) is 4.59. The van der Waals surface area contributed by atoms with Gasteiger partial charge in [-0.3, -0.25) is 0 Å². The molecule has 1 aliphatic rings. The van der Waals surface area contributed by atoms with Crippen LogP contribution in [0.15, 0.2) is 0 Å². The van der Waals surface area contributed by atoms with Crippen LogP contribution >= 0.6 is 0 Å². The molecule has 1 aliphatic carbocycles. The van der Waals surface area contributed by atoms with Crippen molar-refractivity contribution in [3.05, 3.63) is 0 Å². The molecule has 0 aromatic heterocycles. The molecule has 114 valence electrons. The Morgan fingerprint density at radius 1 is 1.11 bits per heavy atom.